The third-order valence-electron chi connectivity index (χ3n) is 5.73. The second-order valence-electron chi connectivity index (χ2n) is 7.13. The van der Waals surface area contributed by atoms with Crippen molar-refractivity contribution < 1.29 is 4.79 Å². The third-order valence-corrected chi connectivity index (χ3v) is 5.73. The molecule has 4 heteroatoms. The van der Waals surface area contributed by atoms with Crippen LogP contribution in [0.3, 0.4) is 0 Å². The van der Waals surface area contributed by atoms with E-state index in [0.717, 1.165) is 38.9 Å². The number of rotatable bonds is 3. The largest absolute Gasteiger partial charge is 0.359 e. The molecular formula is C21H25N3O. The van der Waals surface area contributed by atoms with E-state index < -0.39 is 0 Å². The smallest absolute Gasteiger partial charge is 0.244 e. The van der Waals surface area contributed by atoms with Crippen LogP contribution in [0.4, 0.5) is 5.69 Å². The first-order valence-corrected chi connectivity index (χ1v) is 9.27. The average molecular weight is 335 g/mol. The van der Waals surface area contributed by atoms with Crippen LogP contribution in [0.5, 0.6) is 0 Å². The maximum absolute atomic E-state index is 13.0. The minimum Gasteiger partial charge on any atom is -0.359 e. The molecule has 2 aliphatic heterocycles. The molecule has 1 aromatic carbocycles. The van der Waals surface area contributed by atoms with Crippen LogP contribution in [0, 0.1) is 0 Å². The minimum atomic E-state index is -0.0823. The highest BCUT2D eigenvalue weighted by molar-refractivity contribution is 5.86. The Labute approximate surface area is 149 Å². The third kappa shape index (κ3) is 3.13. The normalized spacial score (nSPS) is 18.9. The zero-order valence-corrected chi connectivity index (χ0v) is 14.8. The van der Waals surface area contributed by atoms with E-state index in [1.807, 2.05) is 12.4 Å². The van der Waals surface area contributed by atoms with Crippen molar-refractivity contribution in [1.82, 2.24) is 9.88 Å². The molecule has 4 nitrogen and oxygen atoms in total. The van der Waals surface area contributed by atoms with Crippen molar-refractivity contribution in [2.45, 2.75) is 38.1 Å². The summed E-state index contributed by atoms with van der Waals surface area (Å²) in [6.07, 6.45) is 6.84. The van der Waals surface area contributed by atoms with Crippen LogP contribution < -0.4 is 4.90 Å². The maximum Gasteiger partial charge on any atom is 0.244 e. The molecule has 0 spiro atoms. The fourth-order valence-corrected chi connectivity index (χ4v) is 4.23. The van der Waals surface area contributed by atoms with E-state index in [-0.39, 0.29) is 11.9 Å². The molecule has 1 unspecified atom stereocenters. The van der Waals surface area contributed by atoms with Gasteiger partial charge >= 0.3 is 0 Å². The molecule has 1 atom stereocenters. The van der Waals surface area contributed by atoms with Gasteiger partial charge in [0.2, 0.25) is 5.91 Å². The van der Waals surface area contributed by atoms with Crippen molar-refractivity contribution in [3.63, 3.8) is 0 Å². The first kappa shape index (κ1) is 16.1. The molecule has 1 saturated heterocycles. The molecule has 1 aromatic heterocycles. The van der Waals surface area contributed by atoms with Gasteiger partial charge in [-0.2, -0.15) is 0 Å². The quantitative estimate of drug-likeness (QED) is 0.864. The number of carbonyl (C=O) groups is 1. The van der Waals surface area contributed by atoms with E-state index in [0.29, 0.717) is 5.92 Å². The van der Waals surface area contributed by atoms with E-state index in [1.165, 1.54) is 16.8 Å². The van der Waals surface area contributed by atoms with E-state index >= 15 is 0 Å². The molecular weight excluding hydrogens is 310 g/mol. The zero-order valence-electron chi connectivity index (χ0n) is 14.8. The number of pyridine rings is 1. The molecule has 0 saturated carbocycles. The Morgan fingerprint density at radius 3 is 2.56 bits per heavy atom. The highest BCUT2D eigenvalue weighted by atomic mass is 16.2. The Morgan fingerprint density at radius 2 is 1.80 bits per heavy atom. The van der Waals surface area contributed by atoms with Gasteiger partial charge in [-0.05, 0) is 61.4 Å². The highest BCUT2D eigenvalue weighted by Gasteiger charge is 2.32. The summed E-state index contributed by atoms with van der Waals surface area (Å²) in [5.41, 5.74) is 3.94. The lowest BCUT2D eigenvalue weighted by Gasteiger charge is -2.36. The Balaban J connectivity index is 1.39. The Hall–Kier alpha value is -2.36. The van der Waals surface area contributed by atoms with E-state index in [4.69, 9.17) is 0 Å². The van der Waals surface area contributed by atoms with E-state index in [1.54, 1.807) is 0 Å². The second-order valence-corrected chi connectivity index (χ2v) is 7.13. The van der Waals surface area contributed by atoms with Crippen molar-refractivity contribution in [3.05, 3.63) is 59.9 Å². The molecule has 0 bridgehead atoms. The van der Waals surface area contributed by atoms with Gasteiger partial charge in [-0.1, -0.05) is 18.2 Å². The van der Waals surface area contributed by atoms with E-state index in [9.17, 15) is 4.79 Å². The van der Waals surface area contributed by atoms with Crippen LogP contribution in [-0.2, 0) is 11.2 Å². The number of amides is 1. The summed E-state index contributed by atoms with van der Waals surface area (Å²) >= 11 is 0. The predicted octanol–water partition coefficient (Wildman–Crippen LogP) is 3.24. The summed E-state index contributed by atoms with van der Waals surface area (Å²) in [7, 11) is 0. The average Bonchev–Trinajstić information content (AvgIpc) is 3.12. The summed E-state index contributed by atoms with van der Waals surface area (Å²) in [5.74, 6) is 0.819. The Kier molecular flexibility index (Phi) is 4.43. The summed E-state index contributed by atoms with van der Waals surface area (Å²) in [4.78, 5) is 21.4. The predicted molar refractivity (Wildman–Crippen MR) is 99.7 cm³/mol. The van der Waals surface area contributed by atoms with Crippen LogP contribution in [0.1, 0.15) is 36.8 Å². The van der Waals surface area contributed by atoms with Gasteiger partial charge in [-0.25, -0.2) is 0 Å². The number of para-hydroxylation sites is 1. The molecule has 4 rings (SSSR count). The molecule has 0 N–H and O–H groups in total. The molecule has 2 aromatic rings. The Bertz CT molecular complexity index is 738. The van der Waals surface area contributed by atoms with Gasteiger partial charge in [0.05, 0.1) is 0 Å². The standard InChI is InChI=1S/C21H25N3O/c1-16(24-15-10-19-4-2-3-5-20(19)24)21(25)23-13-8-18(9-14-23)17-6-11-22-12-7-17/h2-7,11-12,16,18H,8-10,13-15H2,1H3. The number of nitrogens with zero attached hydrogens (tertiary/aromatic N) is 3. The van der Waals surface area contributed by atoms with Crippen LogP contribution in [0.25, 0.3) is 0 Å². The number of hydrogen-bond acceptors (Lipinski definition) is 3. The Morgan fingerprint density at radius 1 is 1.08 bits per heavy atom. The molecule has 0 aliphatic carbocycles. The van der Waals surface area contributed by atoms with Crippen molar-refractivity contribution in [1.29, 1.82) is 0 Å². The number of benzene rings is 1. The van der Waals surface area contributed by atoms with Crippen LogP contribution in [-0.4, -0.2) is 41.5 Å². The monoisotopic (exact) mass is 335 g/mol. The zero-order chi connectivity index (χ0) is 17.2. The molecule has 3 heterocycles. The summed E-state index contributed by atoms with van der Waals surface area (Å²) < 4.78 is 0. The van der Waals surface area contributed by atoms with Crippen molar-refractivity contribution in [3.8, 4) is 0 Å². The van der Waals surface area contributed by atoms with Crippen molar-refractivity contribution >= 4 is 11.6 Å². The summed E-state index contributed by atoms with van der Waals surface area (Å²) in [6, 6.07) is 12.6. The second kappa shape index (κ2) is 6.87. The van der Waals surface area contributed by atoms with Gasteiger partial charge in [0.15, 0.2) is 0 Å². The lowest BCUT2D eigenvalue weighted by atomic mass is 9.90. The van der Waals surface area contributed by atoms with Crippen molar-refractivity contribution in [2.24, 2.45) is 0 Å². The maximum atomic E-state index is 13.0. The molecule has 130 valence electrons. The van der Waals surface area contributed by atoms with Gasteiger partial charge in [0, 0.05) is 37.7 Å². The van der Waals surface area contributed by atoms with Gasteiger partial charge in [0.25, 0.3) is 0 Å². The van der Waals surface area contributed by atoms with Crippen LogP contribution in [0.2, 0.25) is 0 Å². The number of hydrogen-bond donors (Lipinski definition) is 0. The molecule has 1 fully saturated rings. The number of fused-ring (bicyclic) bond motifs is 1. The molecule has 0 radical (unpaired) electrons. The lowest BCUT2D eigenvalue weighted by Crippen LogP contribution is -2.49. The summed E-state index contributed by atoms with van der Waals surface area (Å²) in [5, 5.41) is 0. The minimum absolute atomic E-state index is 0.0823. The number of aromatic nitrogens is 1. The van der Waals surface area contributed by atoms with Crippen LogP contribution >= 0.6 is 0 Å². The molecule has 25 heavy (non-hydrogen) atoms. The summed E-state index contributed by atoms with van der Waals surface area (Å²) in [6.45, 7) is 4.70. The lowest BCUT2D eigenvalue weighted by molar-refractivity contribution is -0.133. The number of anilines is 1. The van der Waals surface area contributed by atoms with Crippen LogP contribution in [0.15, 0.2) is 48.8 Å². The molecule has 2 aliphatic rings. The van der Waals surface area contributed by atoms with Gasteiger partial charge in [-0.3, -0.25) is 9.78 Å². The first-order chi connectivity index (χ1) is 12.2. The van der Waals surface area contributed by atoms with E-state index in [2.05, 4.69) is 58.1 Å². The number of piperidine rings is 1. The van der Waals surface area contributed by atoms with Crippen molar-refractivity contribution in [2.75, 3.05) is 24.5 Å². The fourth-order valence-electron chi connectivity index (χ4n) is 4.23. The van der Waals surface area contributed by atoms with Gasteiger partial charge in [-0.15, -0.1) is 0 Å². The topological polar surface area (TPSA) is 36.4 Å². The number of likely N-dealkylation sites (tertiary alicyclic amines) is 1. The first-order valence-electron chi connectivity index (χ1n) is 9.27. The molecule has 1 amide bonds. The fraction of sp³-hybridized carbons (Fsp3) is 0.429. The highest BCUT2D eigenvalue weighted by Crippen LogP contribution is 2.31. The SMILES string of the molecule is CC(C(=O)N1CCC(c2ccncc2)CC1)N1CCc2ccccc21. The van der Waals surface area contributed by atoms with Gasteiger partial charge in [0.1, 0.15) is 6.04 Å². The van der Waals surface area contributed by atoms with Gasteiger partial charge < -0.3 is 9.80 Å². The number of carbonyl (C=O) groups excluding carboxylic acids is 1.